The summed E-state index contributed by atoms with van der Waals surface area (Å²) < 4.78 is 0. The Hall–Kier alpha value is -3.31. The Balaban J connectivity index is 1.29. The molecule has 0 spiro atoms. The van der Waals surface area contributed by atoms with Gasteiger partial charge in [-0.15, -0.1) is 0 Å². The van der Waals surface area contributed by atoms with E-state index in [1.807, 2.05) is 24.3 Å². The van der Waals surface area contributed by atoms with Gasteiger partial charge in [0.2, 0.25) is 0 Å². The van der Waals surface area contributed by atoms with Crippen molar-refractivity contribution in [3.63, 3.8) is 0 Å². The highest BCUT2D eigenvalue weighted by Crippen LogP contribution is 2.23. The first kappa shape index (κ1) is 23.8. The van der Waals surface area contributed by atoms with Crippen molar-refractivity contribution in [1.82, 2.24) is 14.9 Å². The minimum absolute atomic E-state index is 0.0582. The molecule has 5 heteroatoms. The van der Waals surface area contributed by atoms with E-state index in [4.69, 9.17) is 0 Å². The van der Waals surface area contributed by atoms with Gasteiger partial charge in [0.25, 0.3) is 0 Å². The topological polar surface area (TPSA) is 58.1 Å². The zero-order valence-electron chi connectivity index (χ0n) is 20.2. The fourth-order valence-corrected chi connectivity index (χ4v) is 4.55. The third-order valence-electron chi connectivity index (χ3n) is 6.56. The van der Waals surface area contributed by atoms with Crippen LogP contribution in [0.1, 0.15) is 53.9 Å². The molecule has 34 heavy (non-hydrogen) atoms. The first-order chi connectivity index (χ1) is 16.7. The molecular formula is C29H34N4O. The van der Waals surface area contributed by atoms with E-state index in [1.165, 1.54) is 5.56 Å². The SMILES string of the molecule is CCc1ncnc(Nc2ccc(C(=O)C=CC3CCN(Cc4ccccc4)CC3)cc2)c1CC. The summed E-state index contributed by atoms with van der Waals surface area (Å²) >= 11 is 0. The van der Waals surface area contributed by atoms with Crippen LogP contribution in [0, 0.1) is 5.92 Å². The Kier molecular flexibility index (Phi) is 8.21. The van der Waals surface area contributed by atoms with Gasteiger partial charge >= 0.3 is 0 Å². The normalized spacial score (nSPS) is 15.0. The van der Waals surface area contributed by atoms with Crippen molar-refractivity contribution >= 4 is 17.3 Å². The number of allylic oxidation sites excluding steroid dienone is 2. The van der Waals surface area contributed by atoms with Gasteiger partial charge in [0.15, 0.2) is 5.78 Å². The highest BCUT2D eigenvalue weighted by Gasteiger charge is 2.17. The van der Waals surface area contributed by atoms with Crippen LogP contribution in [0.4, 0.5) is 11.5 Å². The van der Waals surface area contributed by atoms with Crippen LogP contribution in [-0.4, -0.2) is 33.7 Å². The summed E-state index contributed by atoms with van der Waals surface area (Å²) in [5.41, 5.74) is 5.20. The number of nitrogens with zero attached hydrogens (tertiary/aromatic N) is 3. The number of ketones is 1. The van der Waals surface area contributed by atoms with E-state index < -0.39 is 0 Å². The molecule has 0 atom stereocenters. The quantitative estimate of drug-likeness (QED) is 0.318. The summed E-state index contributed by atoms with van der Waals surface area (Å²) in [5.74, 6) is 1.37. The highest BCUT2D eigenvalue weighted by molar-refractivity contribution is 6.04. The van der Waals surface area contributed by atoms with Gasteiger partial charge in [0.05, 0.1) is 0 Å². The molecule has 1 aromatic heterocycles. The summed E-state index contributed by atoms with van der Waals surface area (Å²) in [6.07, 6.45) is 9.41. The molecule has 0 saturated carbocycles. The molecule has 2 heterocycles. The molecule has 0 aliphatic carbocycles. The monoisotopic (exact) mass is 454 g/mol. The van der Waals surface area contributed by atoms with Gasteiger partial charge < -0.3 is 5.32 Å². The number of hydrogen-bond acceptors (Lipinski definition) is 5. The van der Waals surface area contributed by atoms with Crippen molar-refractivity contribution in [3.8, 4) is 0 Å². The van der Waals surface area contributed by atoms with E-state index in [0.29, 0.717) is 11.5 Å². The number of likely N-dealkylation sites (tertiary alicyclic amines) is 1. The molecule has 4 rings (SSSR count). The van der Waals surface area contributed by atoms with Gasteiger partial charge in [-0.2, -0.15) is 0 Å². The molecule has 3 aromatic rings. The van der Waals surface area contributed by atoms with Crippen molar-refractivity contribution in [1.29, 1.82) is 0 Å². The molecule has 1 saturated heterocycles. The Labute approximate surface area is 203 Å². The van der Waals surface area contributed by atoms with Crippen molar-refractivity contribution in [2.45, 2.75) is 46.1 Å². The second-order valence-corrected chi connectivity index (χ2v) is 8.88. The van der Waals surface area contributed by atoms with Crippen LogP contribution in [0.2, 0.25) is 0 Å². The van der Waals surface area contributed by atoms with Crippen molar-refractivity contribution in [2.24, 2.45) is 5.92 Å². The Bertz CT molecular complexity index is 1100. The van der Waals surface area contributed by atoms with E-state index in [1.54, 1.807) is 12.4 Å². The van der Waals surface area contributed by atoms with Crippen LogP contribution in [-0.2, 0) is 19.4 Å². The predicted octanol–water partition coefficient (Wildman–Crippen LogP) is 6.00. The average molecular weight is 455 g/mol. The van der Waals surface area contributed by atoms with E-state index in [9.17, 15) is 4.79 Å². The Morgan fingerprint density at radius 2 is 1.74 bits per heavy atom. The lowest BCUT2D eigenvalue weighted by molar-refractivity contribution is 0.104. The maximum Gasteiger partial charge on any atom is 0.185 e. The number of hydrogen-bond donors (Lipinski definition) is 1. The number of carbonyl (C=O) groups excluding carboxylic acids is 1. The number of carbonyl (C=O) groups is 1. The number of aromatic nitrogens is 2. The van der Waals surface area contributed by atoms with E-state index in [-0.39, 0.29) is 5.78 Å². The molecule has 0 amide bonds. The third-order valence-corrected chi connectivity index (χ3v) is 6.56. The molecule has 176 valence electrons. The summed E-state index contributed by atoms with van der Waals surface area (Å²) in [5, 5.41) is 3.38. The van der Waals surface area contributed by atoms with E-state index in [2.05, 4.69) is 70.4 Å². The fraction of sp³-hybridized carbons (Fsp3) is 0.345. The predicted molar refractivity (Wildman–Crippen MR) is 138 cm³/mol. The standard InChI is InChI=1S/C29H34N4O/c1-3-26-27(4-2)30-21-31-29(26)32-25-13-11-24(12-14-25)28(34)15-10-22-16-18-33(19-17-22)20-23-8-6-5-7-9-23/h5-15,21-22H,3-4,16-20H2,1-2H3,(H,30,31,32). The van der Waals surface area contributed by atoms with Crippen molar-refractivity contribution in [2.75, 3.05) is 18.4 Å². The van der Waals surface area contributed by atoms with Gasteiger partial charge in [0, 0.05) is 29.1 Å². The van der Waals surface area contributed by atoms with Gasteiger partial charge in [-0.25, -0.2) is 9.97 Å². The van der Waals surface area contributed by atoms with Gasteiger partial charge in [-0.05, 0) is 80.6 Å². The number of aryl methyl sites for hydroxylation is 1. The number of nitrogens with one attached hydrogen (secondary N) is 1. The molecule has 1 aliphatic rings. The summed E-state index contributed by atoms with van der Waals surface area (Å²) in [7, 11) is 0. The molecule has 1 N–H and O–H groups in total. The molecule has 0 unspecified atom stereocenters. The summed E-state index contributed by atoms with van der Waals surface area (Å²) in [6.45, 7) is 7.37. The summed E-state index contributed by atoms with van der Waals surface area (Å²) in [4.78, 5) is 24.0. The van der Waals surface area contributed by atoms with Crippen LogP contribution in [0.3, 0.4) is 0 Å². The van der Waals surface area contributed by atoms with Gasteiger partial charge in [-0.3, -0.25) is 9.69 Å². The highest BCUT2D eigenvalue weighted by atomic mass is 16.1. The Morgan fingerprint density at radius 3 is 2.41 bits per heavy atom. The molecule has 0 radical (unpaired) electrons. The van der Waals surface area contributed by atoms with Crippen LogP contribution < -0.4 is 5.32 Å². The Morgan fingerprint density at radius 1 is 1.00 bits per heavy atom. The number of piperidine rings is 1. The van der Waals surface area contributed by atoms with Gasteiger partial charge in [-0.1, -0.05) is 50.3 Å². The van der Waals surface area contributed by atoms with Crippen LogP contribution in [0.5, 0.6) is 0 Å². The maximum atomic E-state index is 12.7. The molecule has 5 nitrogen and oxygen atoms in total. The van der Waals surface area contributed by atoms with Crippen molar-refractivity contribution in [3.05, 3.63) is 95.5 Å². The maximum absolute atomic E-state index is 12.7. The molecule has 0 bridgehead atoms. The largest absolute Gasteiger partial charge is 0.340 e. The van der Waals surface area contributed by atoms with Crippen LogP contribution in [0.25, 0.3) is 0 Å². The lowest BCUT2D eigenvalue weighted by Gasteiger charge is -2.30. The average Bonchev–Trinajstić information content (AvgIpc) is 2.89. The minimum atomic E-state index is 0.0582. The second-order valence-electron chi connectivity index (χ2n) is 8.88. The number of anilines is 2. The lowest BCUT2D eigenvalue weighted by Crippen LogP contribution is -2.32. The van der Waals surface area contributed by atoms with Crippen LogP contribution >= 0.6 is 0 Å². The molecule has 1 fully saturated rings. The zero-order valence-corrected chi connectivity index (χ0v) is 20.2. The molecule has 1 aliphatic heterocycles. The first-order valence-corrected chi connectivity index (χ1v) is 12.3. The van der Waals surface area contributed by atoms with E-state index in [0.717, 1.165) is 68.1 Å². The second kappa shape index (κ2) is 11.7. The fourth-order valence-electron chi connectivity index (χ4n) is 4.55. The van der Waals surface area contributed by atoms with Gasteiger partial charge in [0.1, 0.15) is 12.1 Å². The first-order valence-electron chi connectivity index (χ1n) is 12.3. The third kappa shape index (κ3) is 6.17. The molecular weight excluding hydrogens is 420 g/mol. The van der Waals surface area contributed by atoms with Crippen molar-refractivity contribution < 1.29 is 4.79 Å². The number of benzene rings is 2. The number of rotatable bonds is 9. The zero-order chi connectivity index (χ0) is 23.8. The van der Waals surface area contributed by atoms with E-state index >= 15 is 0 Å². The molecule has 2 aromatic carbocycles. The smallest absolute Gasteiger partial charge is 0.185 e. The summed E-state index contributed by atoms with van der Waals surface area (Å²) in [6, 6.07) is 18.3. The van der Waals surface area contributed by atoms with Crippen LogP contribution in [0.15, 0.2) is 73.1 Å². The minimum Gasteiger partial charge on any atom is -0.340 e. The lowest BCUT2D eigenvalue weighted by atomic mass is 9.95.